The first kappa shape index (κ1) is 38.5. The Bertz CT molecular complexity index is 858. The molecule has 10 heteroatoms. The van der Waals surface area contributed by atoms with E-state index < -0.39 is 11.9 Å². The molecule has 0 aromatic heterocycles. The van der Waals surface area contributed by atoms with Crippen molar-refractivity contribution >= 4 is 30.5 Å². The maximum absolute atomic E-state index is 11.4. The second-order valence-corrected chi connectivity index (χ2v) is 12.1. The third-order valence-electron chi connectivity index (χ3n) is 9.61. The zero-order chi connectivity index (χ0) is 28.7. The van der Waals surface area contributed by atoms with Crippen LogP contribution in [0, 0.1) is 65.1 Å². The summed E-state index contributed by atoms with van der Waals surface area (Å²) in [6, 6.07) is 0. The van der Waals surface area contributed by atoms with Gasteiger partial charge >= 0.3 is 47.5 Å². The first-order valence-corrected chi connectivity index (χ1v) is 14.1. The summed E-state index contributed by atoms with van der Waals surface area (Å²) in [5.74, 6) is -0.743. The molecular formula is C30H47NaO9. The van der Waals surface area contributed by atoms with E-state index in [1.807, 2.05) is 27.7 Å². The summed E-state index contributed by atoms with van der Waals surface area (Å²) >= 11 is 0. The molecule has 0 amide bonds. The molecule has 1 heterocycles. The van der Waals surface area contributed by atoms with Crippen molar-refractivity contribution in [3.63, 3.8) is 0 Å². The van der Waals surface area contributed by atoms with Crippen LogP contribution in [-0.4, -0.2) is 46.2 Å². The monoisotopic (exact) mass is 574 g/mol. The number of esters is 1. The van der Waals surface area contributed by atoms with Crippen molar-refractivity contribution < 1.29 is 74.0 Å². The fourth-order valence-electron chi connectivity index (χ4n) is 7.13. The van der Waals surface area contributed by atoms with Crippen LogP contribution in [0.1, 0.15) is 80.1 Å². The number of hydrogen-bond acceptors (Lipinski definition) is 7. The van der Waals surface area contributed by atoms with Gasteiger partial charge in [-0.25, -0.2) is 0 Å². The molecule has 0 aromatic carbocycles. The van der Waals surface area contributed by atoms with Crippen molar-refractivity contribution in [2.45, 2.75) is 80.1 Å². The van der Waals surface area contributed by atoms with Crippen LogP contribution >= 0.6 is 0 Å². The molecular weight excluding hydrogens is 527 g/mol. The van der Waals surface area contributed by atoms with E-state index in [-0.39, 0.29) is 94.3 Å². The summed E-state index contributed by atoms with van der Waals surface area (Å²) in [6.45, 7) is 11.7. The van der Waals surface area contributed by atoms with Gasteiger partial charge in [-0.1, -0.05) is 34.6 Å². The number of aliphatic carboxylic acids is 2. The van der Waals surface area contributed by atoms with Gasteiger partial charge in [-0.2, -0.15) is 0 Å². The zero-order valence-electron chi connectivity index (χ0n) is 25.1. The zero-order valence-corrected chi connectivity index (χ0v) is 27.1. The van der Waals surface area contributed by atoms with Gasteiger partial charge in [0.05, 0.1) is 24.0 Å². The molecule has 0 unspecified atom stereocenters. The van der Waals surface area contributed by atoms with Crippen LogP contribution in [0.15, 0.2) is 11.8 Å². The SMILES string of the molecule is CC1=COC(=O)[C@@H]2[C@@H]1CC[C@@H]2C.C[C@@H](C=O)[C@H]1CC[C@H](C)[C@@H]1C(=O)O.C[C@H](C=O)[C@H]1CC[C@H](C)[C@@H]1C(=O)O.[Na+].[OH-]. The molecule has 0 spiro atoms. The average Bonchev–Trinajstić information content (AvgIpc) is 3.58. The maximum Gasteiger partial charge on any atom is 1.00 e. The van der Waals surface area contributed by atoms with Gasteiger partial charge in [-0.05, 0) is 86.5 Å². The van der Waals surface area contributed by atoms with Crippen molar-refractivity contribution in [2.75, 3.05) is 0 Å². The number of cyclic esters (lactones) is 1. The van der Waals surface area contributed by atoms with Crippen molar-refractivity contribution in [2.24, 2.45) is 65.1 Å². The maximum atomic E-state index is 11.4. The molecule has 0 aromatic rings. The van der Waals surface area contributed by atoms with Gasteiger partial charge in [0.25, 0.3) is 0 Å². The van der Waals surface area contributed by atoms with Gasteiger partial charge in [-0.15, -0.1) is 0 Å². The third-order valence-corrected chi connectivity index (χ3v) is 9.61. The minimum atomic E-state index is -0.747. The number of carboxylic acid groups (broad SMARTS) is 2. The molecule has 4 rings (SSSR count). The van der Waals surface area contributed by atoms with E-state index in [0.29, 0.717) is 11.8 Å². The molecule has 40 heavy (non-hydrogen) atoms. The molecule has 222 valence electrons. The number of ether oxygens (including phenoxy) is 1. The molecule has 3 aliphatic carbocycles. The second-order valence-electron chi connectivity index (χ2n) is 12.1. The molecule has 0 radical (unpaired) electrons. The van der Waals surface area contributed by atoms with Gasteiger partial charge < -0.3 is 30.0 Å². The van der Waals surface area contributed by atoms with Crippen LogP contribution in [0.5, 0.6) is 0 Å². The Morgan fingerprint density at radius 3 is 1.57 bits per heavy atom. The Morgan fingerprint density at radius 1 is 0.825 bits per heavy atom. The Balaban J connectivity index is 0.000000557. The van der Waals surface area contributed by atoms with Crippen molar-refractivity contribution in [1.29, 1.82) is 0 Å². The van der Waals surface area contributed by atoms with Crippen molar-refractivity contribution in [1.82, 2.24) is 0 Å². The Kier molecular flexibility index (Phi) is 16.7. The second kappa shape index (κ2) is 17.4. The number of allylic oxidation sites excluding steroid dienone is 1. The van der Waals surface area contributed by atoms with E-state index in [0.717, 1.165) is 51.1 Å². The van der Waals surface area contributed by atoms with Crippen molar-refractivity contribution in [3.05, 3.63) is 11.8 Å². The van der Waals surface area contributed by atoms with Crippen LogP contribution in [0.25, 0.3) is 0 Å². The topological polar surface area (TPSA) is 165 Å². The fraction of sp³-hybridized carbons (Fsp3) is 0.767. The smallest absolute Gasteiger partial charge is 0.870 e. The van der Waals surface area contributed by atoms with E-state index in [9.17, 15) is 24.0 Å². The van der Waals surface area contributed by atoms with Gasteiger partial charge in [0.15, 0.2) is 0 Å². The van der Waals surface area contributed by atoms with Crippen LogP contribution in [0.2, 0.25) is 0 Å². The molecule has 9 nitrogen and oxygen atoms in total. The number of carboxylic acids is 2. The number of hydrogen-bond donors (Lipinski definition) is 2. The minimum absolute atomic E-state index is 0. The summed E-state index contributed by atoms with van der Waals surface area (Å²) in [7, 11) is 0. The first-order chi connectivity index (χ1) is 17.8. The van der Waals surface area contributed by atoms with Gasteiger partial charge in [-0.3, -0.25) is 14.4 Å². The summed E-state index contributed by atoms with van der Waals surface area (Å²) in [5, 5.41) is 18.0. The van der Waals surface area contributed by atoms with Gasteiger partial charge in [0.1, 0.15) is 12.6 Å². The van der Waals surface area contributed by atoms with Crippen LogP contribution < -0.4 is 29.6 Å². The summed E-state index contributed by atoms with van der Waals surface area (Å²) in [4.78, 5) is 54.4. The molecule has 3 fully saturated rings. The molecule has 0 bridgehead atoms. The van der Waals surface area contributed by atoms with Gasteiger partial charge in [0.2, 0.25) is 0 Å². The largest absolute Gasteiger partial charge is 1.00 e. The molecule has 0 saturated heterocycles. The van der Waals surface area contributed by atoms with Crippen LogP contribution in [0.4, 0.5) is 0 Å². The molecule has 4 aliphatic rings. The normalized spacial score (nSPS) is 35.3. The fourth-order valence-corrected chi connectivity index (χ4v) is 7.13. The predicted octanol–water partition coefficient (Wildman–Crippen LogP) is 2.07. The minimum Gasteiger partial charge on any atom is -0.870 e. The Morgan fingerprint density at radius 2 is 1.23 bits per heavy atom. The standard InChI is InChI=1S/2C10H16O3.C10H14O2.Na.H2O/c2*1-6-3-4-8(7(2)5-11)9(6)10(12)13;1-6-3-4-8-7(2)5-12-10(11)9(6)8;;/h2*5-9H,3-4H2,1-2H3,(H,12,13);5-6,8-9H,3-4H2,1-2H3;;1H2/q;;;+1;/p-1/t6-,7+,8+,9-;6-,7-,8+,9-;6-,8+,9-;;/m000../s1. The van der Waals surface area contributed by atoms with E-state index >= 15 is 0 Å². The average molecular weight is 575 g/mol. The van der Waals surface area contributed by atoms with E-state index in [1.54, 1.807) is 6.26 Å². The summed E-state index contributed by atoms with van der Waals surface area (Å²) < 4.78 is 4.97. The Hall–Kier alpha value is -1.55. The molecule has 3 N–H and O–H groups in total. The first-order valence-electron chi connectivity index (χ1n) is 14.1. The molecule has 11 atom stereocenters. The van der Waals surface area contributed by atoms with Crippen LogP contribution in [0.3, 0.4) is 0 Å². The molecule has 1 aliphatic heterocycles. The van der Waals surface area contributed by atoms with E-state index in [2.05, 4.69) is 13.8 Å². The third kappa shape index (κ3) is 9.23. The van der Waals surface area contributed by atoms with E-state index in [1.165, 1.54) is 5.57 Å². The van der Waals surface area contributed by atoms with E-state index in [4.69, 9.17) is 14.9 Å². The summed E-state index contributed by atoms with van der Waals surface area (Å²) in [5.41, 5.74) is 1.24. The number of rotatable bonds is 6. The number of aldehydes is 2. The predicted molar refractivity (Wildman–Crippen MR) is 144 cm³/mol. The number of carbonyl (C=O) groups is 5. The van der Waals surface area contributed by atoms with Gasteiger partial charge in [0, 0.05) is 11.8 Å². The number of fused-ring (bicyclic) bond motifs is 1. The number of carbonyl (C=O) groups excluding carboxylic acids is 3. The quantitative estimate of drug-likeness (QED) is 0.274. The Labute approximate surface area is 260 Å². The van der Waals surface area contributed by atoms with Crippen LogP contribution in [-0.2, 0) is 28.7 Å². The molecule has 3 saturated carbocycles. The summed E-state index contributed by atoms with van der Waals surface area (Å²) in [6.07, 6.45) is 9.30. The van der Waals surface area contributed by atoms with Crippen molar-refractivity contribution in [3.8, 4) is 0 Å².